The molecular formula is C22H23N3O2. The van der Waals surface area contributed by atoms with Gasteiger partial charge in [-0.25, -0.2) is 4.99 Å². The van der Waals surface area contributed by atoms with Gasteiger partial charge in [-0.2, -0.15) is 0 Å². The van der Waals surface area contributed by atoms with E-state index in [1.54, 1.807) is 7.11 Å². The zero-order valence-electron chi connectivity index (χ0n) is 15.8. The van der Waals surface area contributed by atoms with Gasteiger partial charge in [-0.1, -0.05) is 18.2 Å². The van der Waals surface area contributed by atoms with Gasteiger partial charge >= 0.3 is 0 Å². The molecule has 0 fully saturated rings. The lowest BCUT2D eigenvalue weighted by Crippen LogP contribution is -2.09. The summed E-state index contributed by atoms with van der Waals surface area (Å²) in [7, 11) is 1.66. The van der Waals surface area contributed by atoms with E-state index in [4.69, 9.17) is 9.73 Å². The van der Waals surface area contributed by atoms with Crippen molar-refractivity contribution in [2.75, 3.05) is 13.7 Å². The molecule has 3 heterocycles. The third-order valence-corrected chi connectivity index (χ3v) is 4.85. The molecule has 138 valence electrons. The molecule has 1 aromatic carbocycles. The molecule has 3 aromatic rings. The van der Waals surface area contributed by atoms with E-state index >= 15 is 0 Å². The standard InChI is InChI=1S/C22H23N3O2/c1-14-10-15(2)23-17(14)12-19-22(27-3)13-18(24-19)21-11-16-6-4-5-7-20(16)25(21)8-9-26/h4-7,10-13,23,26H,8-9H2,1-3H3/b19-12-. The topological polar surface area (TPSA) is 62.5 Å². The highest BCUT2D eigenvalue weighted by Gasteiger charge is 2.21. The first-order valence-corrected chi connectivity index (χ1v) is 9.03. The number of benzene rings is 1. The fourth-order valence-corrected chi connectivity index (χ4v) is 3.61. The van der Waals surface area contributed by atoms with Crippen LogP contribution in [0.3, 0.4) is 0 Å². The number of hydrogen-bond donors (Lipinski definition) is 2. The molecule has 2 aromatic heterocycles. The SMILES string of the molecule is COC1=CC(c2cc3ccccc3n2CCO)=N/C1=C\c1[nH]c(C)cc1C. The van der Waals surface area contributed by atoms with Gasteiger partial charge in [0.25, 0.3) is 0 Å². The van der Waals surface area contributed by atoms with Crippen molar-refractivity contribution >= 4 is 22.7 Å². The fourth-order valence-electron chi connectivity index (χ4n) is 3.61. The van der Waals surface area contributed by atoms with E-state index in [0.717, 1.165) is 45.2 Å². The number of allylic oxidation sites excluding steroid dienone is 1. The zero-order valence-corrected chi connectivity index (χ0v) is 15.8. The van der Waals surface area contributed by atoms with Crippen molar-refractivity contribution in [3.8, 4) is 0 Å². The summed E-state index contributed by atoms with van der Waals surface area (Å²) < 4.78 is 7.68. The van der Waals surface area contributed by atoms with Crippen LogP contribution in [0, 0.1) is 13.8 Å². The Hall–Kier alpha value is -3.05. The molecule has 4 rings (SSSR count). The molecule has 0 radical (unpaired) electrons. The lowest BCUT2D eigenvalue weighted by atomic mass is 10.2. The van der Waals surface area contributed by atoms with E-state index < -0.39 is 0 Å². The third kappa shape index (κ3) is 3.11. The van der Waals surface area contributed by atoms with E-state index in [2.05, 4.69) is 40.7 Å². The van der Waals surface area contributed by atoms with Gasteiger partial charge in [0, 0.05) is 34.9 Å². The minimum atomic E-state index is 0.0729. The average Bonchev–Trinajstić information content (AvgIpc) is 3.31. The second-order valence-electron chi connectivity index (χ2n) is 6.75. The number of aliphatic imine (C=N–C) groups is 1. The monoisotopic (exact) mass is 361 g/mol. The highest BCUT2D eigenvalue weighted by Crippen LogP contribution is 2.28. The molecule has 0 aliphatic carbocycles. The minimum Gasteiger partial charge on any atom is -0.494 e. The number of aromatic amines is 1. The number of aliphatic hydroxyl groups is 1. The summed E-state index contributed by atoms with van der Waals surface area (Å²) in [5.41, 5.74) is 7.02. The van der Waals surface area contributed by atoms with Crippen molar-refractivity contribution in [3.63, 3.8) is 0 Å². The van der Waals surface area contributed by atoms with Crippen LogP contribution in [0.2, 0.25) is 0 Å². The number of hydrogen-bond acceptors (Lipinski definition) is 3. The molecular weight excluding hydrogens is 338 g/mol. The van der Waals surface area contributed by atoms with Crippen molar-refractivity contribution in [2.24, 2.45) is 4.99 Å². The molecule has 0 atom stereocenters. The van der Waals surface area contributed by atoms with Crippen LogP contribution in [-0.2, 0) is 11.3 Å². The molecule has 5 heteroatoms. The summed E-state index contributed by atoms with van der Waals surface area (Å²) in [6, 6.07) is 12.4. The summed E-state index contributed by atoms with van der Waals surface area (Å²) in [5, 5.41) is 10.7. The predicted molar refractivity (Wildman–Crippen MR) is 109 cm³/mol. The maximum atomic E-state index is 9.53. The average molecular weight is 361 g/mol. The molecule has 2 N–H and O–H groups in total. The van der Waals surface area contributed by atoms with E-state index in [9.17, 15) is 5.11 Å². The van der Waals surface area contributed by atoms with Crippen LogP contribution in [0.5, 0.6) is 0 Å². The minimum absolute atomic E-state index is 0.0729. The third-order valence-electron chi connectivity index (χ3n) is 4.85. The summed E-state index contributed by atoms with van der Waals surface area (Å²) in [4.78, 5) is 8.19. The van der Waals surface area contributed by atoms with Crippen LogP contribution in [0.1, 0.15) is 22.6 Å². The predicted octanol–water partition coefficient (Wildman–Crippen LogP) is 3.95. The smallest absolute Gasteiger partial charge is 0.146 e. The molecule has 1 aliphatic heterocycles. The number of nitrogens with zero attached hydrogens (tertiary/aromatic N) is 2. The zero-order chi connectivity index (χ0) is 19.0. The number of aliphatic hydroxyl groups excluding tert-OH is 1. The van der Waals surface area contributed by atoms with Crippen LogP contribution in [0.15, 0.2) is 58.9 Å². The van der Waals surface area contributed by atoms with Crippen LogP contribution < -0.4 is 0 Å². The van der Waals surface area contributed by atoms with Gasteiger partial charge in [0.05, 0.1) is 25.1 Å². The molecule has 0 spiro atoms. The van der Waals surface area contributed by atoms with Crippen molar-refractivity contribution in [1.82, 2.24) is 9.55 Å². The molecule has 0 saturated heterocycles. The molecule has 0 amide bonds. The number of rotatable bonds is 5. The Kier molecular flexibility index (Phi) is 4.46. The fraction of sp³-hybridized carbons (Fsp3) is 0.227. The van der Waals surface area contributed by atoms with E-state index in [-0.39, 0.29) is 6.61 Å². The van der Waals surface area contributed by atoms with E-state index in [1.807, 2.05) is 31.2 Å². The van der Waals surface area contributed by atoms with Crippen molar-refractivity contribution in [1.29, 1.82) is 0 Å². The normalized spacial score (nSPS) is 15.5. The molecule has 27 heavy (non-hydrogen) atoms. The lowest BCUT2D eigenvalue weighted by molar-refractivity contribution is 0.278. The molecule has 0 bridgehead atoms. The molecule has 0 unspecified atom stereocenters. The highest BCUT2D eigenvalue weighted by atomic mass is 16.5. The first-order chi connectivity index (χ1) is 13.1. The van der Waals surface area contributed by atoms with Gasteiger partial charge < -0.3 is 19.4 Å². The van der Waals surface area contributed by atoms with E-state index in [1.165, 1.54) is 5.56 Å². The number of aryl methyl sites for hydroxylation is 2. The summed E-state index contributed by atoms with van der Waals surface area (Å²) >= 11 is 0. The van der Waals surface area contributed by atoms with Crippen molar-refractivity contribution in [2.45, 2.75) is 20.4 Å². The number of nitrogens with one attached hydrogen (secondary N) is 1. The number of H-pyrrole nitrogens is 1. The number of para-hydroxylation sites is 1. The Balaban J connectivity index is 1.83. The highest BCUT2D eigenvalue weighted by molar-refractivity contribution is 6.13. The molecule has 5 nitrogen and oxygen atoms in total. The molecule has 0 saturated carbocycles. The summed E-state index contributed by atoms with van der Waals surface area (Å²) in [5.74, 6) is 0.734. The van der Waals surface area contributed by atoms with Gasteiger partial charge in [-0.15, -0.1) is 0 Å². The maximum Gasteiger partial charge on any atom is 0.146 e. The van der Waals surface area contributed by atoms with Gasteiger partial charge in [-0.05, 0) is 43.7 Å². The van der Waals surface area contributed by atoms with Crippen molar-refractivity contribution < 1.29 is 9.84 Å². The Bertz CT molecular complexity index is 1100. The second-order valence-corrected chi connectivity index (χ2v) is 6.75. The largest absolute Gasteiger partial charge is 0.494 e. The lowest BCUT2D eigenvalue weighted by Gasteiger charge is -2.07. The van der Waals surface area contributed by atoms with Crippen LogP contribution in [0.4, 0.5) is 0 Å². The van der Waals surface area contributed by atoms with Crippen LogP contribution >= 0.6 is 0 Å². The van der Waals surface area contributed by atoms with Gasteiger partial charge in [-0.3, -0.25) is 0 Å². The Morgan fingerprint density at radius 2 is 2.04 bits per heavy atom. The Labute approximate surface area is 158 Å². The summed E-state index contributed by atoms with van der Waals surface area (Å²) in [6.45, 7) is 4.71. The quantitative estimate of drug-likeness (QED) is 0.723. The van der Waals surface area contributed by atoms with Crippen molar-refractivity contribution in [3.05, 3.63) is 76.6 Å². The van der Waals surface area contributed by atoms with E-state index in [0.29, 0.717) is 6.54 Å². The molecule has 1 aliphatic rings. The first-order valence-electron chi connectivity index (χ1n) is 9.03. The summed E-state index contributed by atoms with van der Waals surface area (Å²) in [6.07, 6.45) is 3.97. The van der Waals surface area contributed by atoms with Gasteiger partial charge in [0.15, 0.2) is 0 Å². The number of methoxy groups -OCH3 is 1. The van der Waals surface area contributed by atoms with Gasteiger partial charge in [0.2, 0.25) is 0 Å². The van der Waals surface area contributed by atoms with Crippen LogP contribution in [0.25, 0.3) is 17.0 Å². The number of ether oxygens (including phenoxy) is 1. The Morgan fingerprint density at radius 1 is 1.22 bits per heavy atom. The van der Waals surface area contributed by atoms with Crippen LogP contribution in [-0.4, -0.2) is 34.1 Å². The second kappa shape index (κ2) is 6.93. The number of fused-ring (bicyclic) bond motifs is 1. The first kappa shape index (κ1) is 17.4. The van der Waals surface area contributed by atoms with Gasteiger partial charge in [0.1, 0.15) is 11.5 Å². The maximum absolute atomic E-state index is 9.53. The Morgan fingerprint density at radius 3 is 2.74 bits per heavy atom. The number of aromatic nitrogens is 2.